The largest absolute Gasteiger partial charge is 0.354 e. The molecule has 0 aromatic carbocycles. The highest BCUT2D eigenvalue weighted by Gasteiger charge is 2.31. The Morgan fingerprint density at radius 3 is 2.95 bits per heavy atom. The first kappa shape index (κ1) is 15.0. The Balaban J connectivity index is 2.03. The van der Waals surface area contributed by atoms with E-state index in [0.717, 1.165) is 19.4 Å². The van der Waals surface area contributed by atoms with Gasteiger partial charge >= 0.3 is 0 Å². The standard InChI is InChI=1S/C12H21N5O2S/c1-3-4-6-13-12-15-11(8-14-16-12)17(2)10-5-7-20(18,19)9-10/h8,10H,3-7,9H2,1-2H3,(H,13,15,16). The highest BCUT2D eigenvalue weighted by molar-refractivity contribution is 7.91. The van der Waals surface area contributed by atoms with Crippen molar-refractivity contribution in [2.24, 2.45) is 0 Å². The summed E-state index contributed by atoms with van der Waals surface area (Å²) in [5.41, 5.74) is 0. The van der Waals surface area contributed by atoms with Crippen LogP contribution in [0.3, 0.4) is 0 Å². The fraction of sp³-hybridized carbons (Fsp3) is 0.750. The molecule has 2 heterocycles. The summed E-state index contributed by atoms with van der Waals surface area (Å²) in [7, 11) is -1.04. The number of sulfone groups is 1. The van der Waals surface area contributed by atoms with Gasteiger partial charge in [0.05, 0.1) is 17.7 Å². The molecule has 20 heavy (non-hydrogen) atoms. The fourth-order valence-corrected chi connectivity index (χ4v) is 3.96. The molecule has 2 rings (SSSR count). The summed E-state index contributed by atoms with van der Waals surface area (Å²) in [6.45, 7) is 2.93. The van der Waals surface area contributed by atoms with Crippen LogP contribution < -0.4 is 10.2 Å². The Kier molecular flexibility index (Phi) is 4.74. The van der Waals surface area contributed by atoms with Crippen molar-refractivity contribution < 1.29 is 8.42 Å². The molecule has 1 atom stereocenters. The first-order valence-electron chi connectivity index (χ1n) is 6.88. The van der Waals surface area contributed by atoms with Crippen molar-refractivity contribution in [3.8, 4) is 0 Å². The minimum Gasteiger partial charge on any atom is -0.354 e. The van der Waals surface area contributed by atoms with Crippen LogP contribution >= 0.6 is 0 Å². The van der Waals surface area contributed by atoms with Crippen LogP contribution in [0.25, 0.3) is 0 Å². The van der Waals surface area contributed by atoms with Gasteiger partial charge in [-0.2, -0.15) is 10.1 Å². The molecule has 1 aromatic heterocycles. The molecule has 1 aliphatic rings. The number of hydrogen-bond acceptors (Lipinski definition) is 7. The topological polar surface area (TPSA) is 88.1 Å². The Labute approximate surface area is 119 Å². The van der Waals surface area contributed by atoms with Crippen molar-refractivity contribution in [2.75, 3.05) is 35.3 Å². The van der Waals surface area contributed by atoms with Gasteiger partial charge in [-0.1, -0.05) is 13.3 Å². The van der Waals surface area contributed by atoms with Crippen molar-refractivity contribution in [3.63, 3.8) is 0 Å². The van der Waals surface area contributed by atoms with Crippen molar-refractivity contribution in [1.82, 2.24) is 15.2 Å². The van der Waals surface area contributed by atoms with Crippen molar-refractivity contribution in [2.45, 2.75) is 32.2 Å². The summed E-state index contributed by atoms with van der Waals surface area (Å²) in [4.78, 5) is 6.26. The molecule has 8 heteroatoms. The molecule has 7 nitrogen and oxygen atoms in total. The average Bonchev–Trinajstić information content (AvgIpc) is 2.79. The van der Waals surface area contributed by atoms with Crippen LogP contribution in [0.1, 0.15) is 26.2 Å². The van der Waals surface area contributed by atoms with E-state index >= 15 is 0 Å². The first-order valence-corrected chi connectivity index (χ1v) is 8.71. The average molecular weight is 299 g/mol. The summed E-state index contributed by atoms with van der Waals surface area (Å²) in [6.07, 6.45) is 4.35. The van der Waals surface area contributed by atoms with Crippen LogP contribution in [0.15, 0.2) is 6.20 Å². The summed E-state index contributed by atoms with van der Waals surface area (Å²) < 4.78 is 23.1. The molecule has 112 valence electrons. The van der Waals surface area contributed by atoms with E-state index in [-0.39, 0.29) is 17.5 Å². The van der Waals surface area contributed by atoms with Gasteiger partial charge < -0.3 is 10.2 Å². The van der Waals surface area contributed by atoms with Crippen LogP contribution in [-0.4, -0.2) is 54.7 Å². The van der Waals surface area contributed by atoms with Gasteiger partial charge in [0.2, 0.25) is 5.95 Å². The van der Waals surface area contributed by atoms with Crippen LogP contribution in [0, 0.1) is 0 Å². The lowest BCUT2D eigenvalue weighted by atomic mass is 10.2. The summed E-state index contributed by atoms with van der Waals surface area (Å²) in [5, 5.41) is 11.0. The van der Waals surface area contributed by atoms with E-state index in [1.807, 2.05) is 11.9 Å². The third kappa shape index (κ3) is 3.78. The van der Waals surface area contributed by atoms with Gasteiger partial charge in [0.25, 0.3) is 0 Å². The molecular weight excluding hydrogens is 278 g/mol. The Bertz CT molecular complexity index is 549. The SMILES string of the molecule is CCCCNc1nncc(N(C)C2CCS(=O)(=O)C2)n1. The predicted octanol–water partition coefficient (Wildman–Crippen LogP) is 0.707. The number of anilines is 2. The summed E-state index contributed by atoms with van der Waals surface area (Å²) >= 11 is 0. The molecule has 0 bridgehead atoms. The van der Waals surface area contributed by atoms with Gasteiger partial charge in [0, 0.05) is 19.6 Å². The van der Waals surface area contributed by atoms with E-state index in [0.29, 0.717) is 18.2 Å². The van der Waals surface area contributed by atoms with E-state index in [2.05, 4.69) is 27.4 Å². The maximum atomic E-state index is 11.5. The van der Waals surface area contributed by atoms with Gasteiger partial charge in [-0.3, -0.25) is 0 Å². The zero-order valence-corrected chi connectivity index (χ0v) is 12.7. The quantitative estimate of drug-likeness (QED) is 0.774. The zero-order valence-electron chi connectivity index (χ0n) is 11.9. The lowest BCUT2D eigenvalue weighted by Crippen LogP contribution is -2.33. The highest BCUT2D eigenvalue weighted by Crippen LogP contribution is 2.21. The molecule has 0 amide bonds. The lowest BCUT2D eigenvalue weighted by molar-refractivity contribution is 0.600. The van der Waals surface area contributed by atoms with E-state index in [1.165, 1.54) is 0 Å². The third-order valence-corrected chi connectivity index (χ3v) is 5.23. The molecule has 0 saturated carbocycles. The Morgan fingerprint density at radius 2 is 2.30 bits per heavy atom. The summed E-state index contributed by atoms with van der Waals surface area (Å²) in [6, 6.07) is -0.0276. The number of hydrogen-bond donors (Lipinski definition) is 1. The molecule has 1 fully saturated rings. The van der Waals surface area contributed by atoms with E-state index in [9.17, 15) is 8.42 Å². The number of aromatic nitrogens is 3. The minimum atomic E-state index is -2.90. The second-order valence-corrected chi connectivity index (χ2v) is 7.31. The van der Waals surface area contributed by atoms with Crippen molar-refractivity contribution in [1.29, 1.82) is 0 Å². The molecule has 0 radical (unpaired) electrons. The molecule has 0 aliphatic carbocycles. The zero-order chi connectivity index (χ0) is 14.6. The molecule has 1 unspecified atom stereocenters. The smallest absolute Gasteiger partial charge is 0.244 e. The van der Waals surface area contributed by atoms with Gasteiger partial charge in [-0.15, -0.1) is 5.10 Å². The fourth-order valence-electron chi connectivity index (χ4n) is 2.18. The number of unbranched alkanes of at least 4 members (excludes halogenated alkanes) is 1. The van der Waals surface area contributed by atoms with Crippen LogP contribution in [0.4, 0.5) is 11.8 Å². The van der Waals surface area contributed by atoms with Crippen LogP contribution in [0.2, 0.25) is 0 Å². The van der Waals surface area contributed by atoms with Crippen LogP contribution in [0.5, 0.6) is 0 Å². The highest BCUT2D eigenvalue weighted by atomic mass is 32.2. The van der Waals surface area contributed by atoms with Gasteiger partial charge in [-0.05, 0) is 12.8 Å². The van der Waals surface area contributed by atoms with E-state index in [4.69, 9.17) is 0 Å². The molecular formula is C12H21N5O2S. The van der Waals surface area contributed by atoms with Crippen molar-refractivity contribution >= 4 is 21.6 Å². The molecule has 1 saturated heterocycles. The van der Waals surface area contributed by atoms with Gasteiger partial charge in [0.15, 0.2) is 15.7 Å². The summed E-state index contributed by atoms with van der Waals surface area (Å²) in [5.74, 6) is 1.58. The second-order valence-electron chi connectivity index (χ2n) is 5.09. The lowest BCUT2D eigenvalue weighted by Gasteiger charge is -2.24. The normalized spacial score (nSPS) is 20.8. The molecule has 1 aromatic rings. The molecule has 1 aliphatic heterocycles. The first-order chi connectivity index (χ1) is 9.52. The second kappa shape index (κ2) is 6.34. The predicted molar refractivity (Wildman–Crippen MR) is 78.7 cm³/mol. The Hall–Kier alpha value is -1.44. The molecule has 1 N–H and O–H groups in total. The maximum absolute atomic E-state index is 11.5. The minimum absolute atomic E-state index is 0.0276. The van der Waals surface area contributed by atoms with E-state index < -0.39 is 9.84 Å². The number of nitrogens with one attached hydrogen (secondary N) is 1. The van der Waals surface area contributed by atoms with Gasteiger partial charge in [0.1, 0.15) is 0 Å². The maximum Gasteiger partial charge on any atom is 0.244 e. The third-order valence-electron chi connectivity index (χ3n) is 3.48. The van der Waals surface area contributed by atoms with E-state index in [1.54, 1.807) is 6.20 Å². The van der Waals surface area contributed by atoms with Gasteiger partial charge in [-0.25, -0.2) is 8.42 Å². The number of rotatable bonds is 6. The monoisotopic (exact) mass is 299 g/mol. The molecule has 0 spiro atoms. The van der Waals surface area contributed by atoms with Crippen molar-refractivity contribution in [3.05, 3.63) is 6.20 Å². The number of nitrogens with zero attached hydrogens (tertiary/aromatic N) is 4. The van der Waals surface area contributed by atoms with Crippen LogP contribution in [-0.2, 0) is 9.84 Å². The Morgan fingerprint density at radius 1 is 1.50 bits per heavy atom.